The van der Waals surface area contributed by atoms with Crippen molar-refractivity contribution in [2.45, 2.75) is 38.2 Å². The molecule has 0 aliphatic heterocycles. The minimum absolute atomic E-state index is 0.00655. The summed E-state index contributed by atoms with van der Waals surface area (Å²) in [5.41, 5.74) is 5.23. The van der Waals surface area contributed by atoms with E-state index in [4.69, 9.17) is 5.73 Å². The molecule has 0 radical (unpaired) electrons. The number of carbonyl (C=O) groups excluding carboxylic acids is 1. The van der Waals surface area contributed by atoms with Crippen molar-refractivity contribution in [1.82, 2.24) is 4.90 Å². The molecule has 1 atom stereocenters. The molecular formula is C11H22N2O2. The normalized spacial score (nSPS) is 19.1. The van der Waals surface area contributed by atoms with Crippen LogP contribution in [0.15, 0.2) is 0 Å². The third kappa shape index (κ3) is 3.80. The lowest BCUT2D eigenvalue weighted by Crippen LogP contribution is -2.41. The number of rotatable bonds is 5. The highest BCUT2D eigenvalue weighted by Gasteiger charge is 2.20. The summed E-state index contributed by atoms with van der Waals surface area (Å²) in [5, 5.41) is 9.27. The highest BCUT2D eigenvalue weighted by Crippen LogP contribution is 2.27. The second-order valence-corrected chi connectivity index (χ2v) is 4.45. The zero-order valence-electron chi connectivity index (χ0n) is 9.48. The summed E-state index contributed by atoms with van der Waals surface area (Å²) in [6, 6.07) is 0. The van der Waals surface area contributed by atoms with E-state index < -0.39 is 6.10 Å². The second kappa shape index (κ2) is 6.08. The maximum Gasteiger partial charge on any atom is 0.252 e. The van der Waals surface area contributed by atoms with Crippen molar-refractivity contribution in [2.24, 2.45) is 11.7 Å². The predicted molar refractivity (Wildman–Crippen MR) is 59.3 cm³/mol. The number of aliphatic hydroxyl groups excluding tert-OH is 1. The Morgan fingerprint density at radius 1 is 1.53 bits per heavy atom. The molecule has 0 bridgehead atoms. The van der Waals surface area contributed by atoms with E-state index in [9.17, 15) is 9.90 Å². The first-order valence-corrected chi connectivity index (χ1v) is 5.78. The van der Waals surface area contributed by atoms with Crippen molar-refractivity contribution in [3.05, 3.63) is 0 Å². The first-order valence-electron chi connectivity index (χ1n) is 5.78. The van der Waals surface area contributed by atoms with Crippen molar-refractivity contribution in [3.8, 4) is 0 Å². The van der Waals surface area contributed by atoms with Gasteiger partial charge in [-0.3, -0.25) is 4.79 Å². The summed E-state index contributed by atoms with van der Waals surface area (Å²) in [5.74, 6) is 0.519. The summed E-state index contributed by atoms with van der Waals surface area (Å²) in [6.07, 6.45) is 5.27. The van der Waals surface area contributed by atoms with Gasteiger partial charge < -0.3 is 15.7 Å². The lowest BCUT2D eigenvalue weighted by Gasteiger charge is -2.21. The van der Waals surface area contributed by atoms with E-state index in [1.54, 1.807) is 11.9 Å². The van der Waals surface area contributed by atoms with Crippen molar-refractivity contribution in [2.75, 3.05) is 20.1 Å². The van der Waals surface area contributed by atoms with Gasteiger partial charge >= 0.3 is 0 Å². The minimum atomic E-state index is -1.03. The molecule has 1 amide bonds. The van der Waals surface area contributed by atoms with E-state index in [1.807, 2.05) is 0 Å². The molecule has 15 heavy (non-hydrogen) atoms. The summed E-state index contributed by atoms with van der Waals surface area (Å²) < 4.78 is 0. The average Bonchev–Trinajstić information content (AvgIpc) is 2.76. The van der Waals surface area contributed by atoms with Crippen molar-refractivity contribution < 1.29 is 9.90 Å². The van der Waals surface area contributed by atoms with Gasteiger partial charge in [0, 0.05) is 20.1 Å². The third-order valence-electron chi connectivity index (χ3n) is 3.23. The number of likely N-dealkylation sites (N-methyl/N-ethyl adjacent to an activating group) is 1. The molecule has 1 saturated carbocycles. The van der Waals surface area contributed by atoms with Gasteiger partial charge in [0.1, 0.15) is 6.10 Å². The Balaban J connectivity index is 2.22. The number of hydrogen-bond acceptors (Lipinski definition) is 3. The summed E-state index contributed by atoms with van der Waals surface area (Å²) >= 11 is 0. The van der Waals surface area contributed by atoms with Crippen molar-refractivity contribution >= 4 is 5.91 Å². The average molecular weight is 214 g/mol. The molecule has 3 N–H and O–H groups in total. The van der Waals surface area contributed by atoms with E-state index in [0.29, 0.717) is 0 Å². The first kappa shape index (κ1) is 12.5. The zero-order chi connectivity index (χ0) is 11.3. The van der Waals surface area contributed by atoms with Gasteiger partial charge in [0.15, 0.2) is 0 Å². The third-order valence-corrected chi connectivity index (χ3v) is 3.23. The Kier molecular flexibility index (Phi) is 5.05. The largest absolute Gasteiger partial charge is 0.382 e. The van der Waals surface area contributed by atoms with Crippen molar-refractivity contribution in [3.63, 3.8) is 0 Å². The Bertz CT molecular complexity index is 203. The van der Waals surface area contributed by atoms with E-state index in [-0.39, 0.29) is 12.5 Å². The number of amides is 1. The van der Waals surface area contributed by atoms with Gasteiger partial charge in [-0.25, -0.2) is 0 Å². The van der Waals surface area contributed by atoms with Crippen LogP contribution in [0.5, 0.6) is 0 Å². The summed E-state index contributed by atoms with van der Waals surface area (Å²) in [4.78, 5) is 13.1. The van der Waals surface area contributed by atoms with Crippen LogP contribution in [-0.2, 0) is 4.79 Å². The lowest BCUT2D eigenvalue weighted by molar-refractivity contribution is -0.138. The quantitative estimate of drug-likeness (QED) is 0.693. The van der Waals surface area contributed by atoms with Crippen LogP contribution >= 0.6 is 0 Å². The van der Waals surface area contributed by atoms with Crippen LogP contribution in [0.4, 0.5) is 0 Å². The smallest absolute Gasteiger partial charge is 0.252 e. The molecule has 0 aromatic carbocycles. The second-order valence-electron chi connectivity index (χ2n) is 4.45. The molecule has 0 spiro atoms. The molecular weight excluding hydrogens is 192 g/mol. The highest BCUT2D eigenvalue weighted by molar-refractivity contribution is 5.80. The van der Waals surface area contributed by atoms with E-state index in [2.05, 4.69) is 0 Å². The SMILES string of the molecule is CN(CCC1CCCC1)C(=O)C(O)CN. The topological polar surface area (TPSA) is 66.6 Å². The maximum atomic E-state index is 11.5. The van der Waals surface area contributed by atoms with Crippen molar-refractivity contribution in [1.29, 1.82) is 0 Å². The number of aliphatic hydroxyl groups is 1. The van der Waals surface area contributed by atoms with Crippen LogP contribution in [0, 0.1) is 5.92 Å². The molecule has 0 heterocycles. The molecule has 1 fully saturated rings. The van der Waals surface area contributed by atoms with Gasteiger partial charge in [0.2, 0.25) is 0 Å². The van der Waals surface area contributed by atoms with Gasteiger partial charge in [-0.1, -0.05) is 25.7 Å². The van der Waals surface area contributed by atoms with Gasteiger partial charge in [-0.15, -0.1) is 0 Å². The van der Waals surface area contributed by atoms with E-state index in [0.717, 1.165) is 18.9 Å². The molecule has 1 rings (SSSR count). The molecule has 0 aromatic heterocycles. The molecule has 1 aliphatic rings. The fraction of sp³-hybridized carbons (Fsp3) is 0.909. The van der Waals surface area contributed by atoms with E-state index in [1.165, 1.54) is 25.7 Å². The molecule has 1 unspecified atom stereocenters. The Morgan fingerprint density at radius 2 is 2.13 bits per heavy atom. The van der Waals surface area contributed by atoms with Gasteiger partial charge in [-0.05, 0) is 12.3 Å². The fourth-order valence-corrected chi connectivity index (χ4v) is 2.14. The maximum absolute atomic E-state index is 11.5. The van der Waals surface area contributed by atoms with Crippen LogP contribution < -0.4 is 5.73 Å². The lowest BCUT2D eigenvalue weighted by atomic mass is 10.0. The van der Waals surface area contributed by atoms with Crippen LogP contribution in [-0.4, -0.2) is 42.2 Å². The van der Waals surface area contributed by atoms with Crippen LogP contribution in [0.25, 0.3) is 0 Å². The summed E-state index contributed by atoms with van der Waals surface area (Å²) in [7, 11) is 1.73. The number of nitrogens with two attached hydrogens (primary N) is 1. The highest BCUT2D eigenvalue weighted by atomic mass is 16.3. The number of carbonyl (C=O) groups is 1. The first-order chi connectivity index (χ1) is 7.15. The van der Waals surface area contributed by atoms with Crippen LogP contribution in [0.1, 0.15) is 32.1 Å². The summed E-state index contributed by atoms with van der Waals surface area (Å²) in [6.45, 7) is 0.743. The van der Waals surface area contributed by atoms with Gasteiger partial charge in [0.25, 0.3) is 5.91 Å². The number of hydrogen-bond donors (Lipinski definition) is 2. The monoisotopic (exact) mass is 214 g/mol. The predicted octanol–water partition coefficient (Wildman–Crippen LogP) is 0.345. The molecule has 4 nitrogen and oxygen atoms in total. The molecule has 4 heteroatoms. The zero-order valence-corrected chi connectivity index (χ0v) is 9.48. The Morgan fingerprint density at radius 3 is 2.67 bits per heavy atom. The van der Waals surface area contributed by atoms with E-state index >= 15 is 0 Å². The van der Waals surface area contributed by atoms with Gasteiger partial charge in [-0.2, -0.15) is 0 Å². The molecule has 1 aliphatic carbocycles. The van der Waals surface area contributed by atoms with Gasteiger partial charge in [0.05, 0.1) is 0 Å². The standard InChI is InChI=1S/C11H22N2O2/c1-13(11(15)10(14)8-12)7-6-9-4-2-3-5-9/h9-10,14H,2-8,12H2,1H3. The molecule has 0 saturated heterocycles. The van der Waals surface area contributed by atoms with Crippen LogP contribution in [0.2, 0.25) is 0 Å². The Hall–Kier alpha value is -0.610. The Labute approximate surface area is 91.4 Å². The minimum Gasteiger partial charge on any atom is -0.382 e. The molecule has 0 aromatic rings. The van der Waals surface area contributed by atoms with Crippen LogP contribution in [0.3, 0.4) is 0 Å². The fourth-order valence-electron chi connectivity index (χ4n) is 2.14. The number of nitrogens with zero attached hydrogens (tertiary/aromatic N) is 1. The molecule has 88 valence electrons.